The molecule has 8 nitrogen and oxygen atoms in total. The van der Waals surface area contributed by atoms with Gasteiger partial charge in [0.15, 0.2) is 6.04 Å². The summed E-state index contributed by atoms with van der Waals surface area (Å²) in [5, 5.41) is 6.81. The van der Waals surface area contributed by atoms with E-state index in [4.69, 9.17) is 14.0 Å². The van der Waals surface area contributed by atoms with Crippen molar-refractivity contribution in [1.29, 1.82) is 0 Å². The lowest BCUT2D eigenvalue weighted by Crippen LogP contribution is -2.46. The number of carbonyl (C=O) groups excluding carboxylic acids is 1. The Morgan fingerprint density at radius 2 is 1.33 bits per heavy atom. The van der Waals surface area contributed by atoms with Crippen LogP contribution in [0.25, 0.3) is 11.4 Å². The van der Waals surface area contributed by atoms with Crippen molar-refractivity contribution in [2.24, 2.45) is 5.92 Å². The molecule has 0 spiro atoms. The molecule has 0 radical (unpaired) electrons. The van der Waals surface area contributed by atoms with Gasteiger partial charge in [-0.25, -0.2) is 0 Å². The highest BCUT2D eigenvalue weighted by atomic mass is 19.4. The molecule has 6 rings (SSSR count). The molecule has 3 atom stereocenters. The standard InChI is InChI=1S/C40H35F9N4O4/c41-38(42,43)28-10-8-27(9-11-28)35-51-37(57-52-35)34(53-22-4-5-25(23-53)24-55-31-16-12-29(13-17-31)39(44,45)46)36(54)50-21-20-33(26-6-2-1-3-7-26)56-32-18-14-30(15-19-32)40(47,48)49/h1-3,6-19,25,33-34H,4-5,20-24H2,(H,50,54)/t25-,33-,34?/m1/s1. The van der Waals surface area contributed by atoms with Crippen LogP contribution in [0.5, 0.6) is 11.5 Å². The number of ether oxygens (including phenoxy) is 2. The Bertz CT molecular complexity index is 2050. The summed E-state index contributed by atoms with van der Waals surface area (Å²) in [7, 11) is 0. The van der Waals surface area contributed by atoms with Crippen LogP contribution in [-0.4, -0.2) is 47.2 Å². The van der Waals surface area contributed by atoms with Crippen molar-refractivity contribution in [2.45, 2.75) is 49.9 Å². The summed E-state index contributed by atoms with van der Waals surface area (Å²) in [5.74, 6) is -0.492. The van der Waals surface area contributed by atoms with Crippen LogP contribution >= 0.6 is 0 Å². The molecule has 1 N–H and O–H groups in total. The highest BCUT2D eigenvalue weighted by Crippen LogP contribution is 2.35. The molecule has 4 aromatic carbocycles. The van der Waals surface area contributed by atoms with E-state index in [2.05, 4.69) is 15.5 Å². The lowest BCUT2D eigenvalue weighted by molar-refractivity contribution is -0.138. The Morgan fingerprint density at radius 1 is 0.772 bits per heavy atom. The van der Waals surface area contributed by atoms with Crippen LogP contribution in [-0.2, 0) is 23.3 Å². The van der Waals surface area contributed by atoms with Crippen molar-refractivity contribution in [3.8, 4) is 22.9 Å². The van der Waals surface area contributed by atoms with Gasteiger partial charge in [0.05, 0.1) is 23.3 Å². The third kappa shape index (κ3) is 10.8. The first-order valence-electron chi connectivity index (χ1n) is 17.8. The molecule has 0 saturated carbocycles. The van der Waals surface area contributed by atoms with E-state index < -0.39 is 53.3 Å². The summed E-state index contributed by atoms with van der Waals surface area (Å²) in [6.07, 6.45) is -12.8. The Kier molecular flexibility index (Phi) is 12.4. The van der Waals surface area contributed by atoms with E-state index in [1.807, 2.05) is 0 Å². The Balaban J connectivity index is 1.19. The monoisotopic (exact) mass is 806 g/mol. The maximum atomic E-state index is 14.1. The number of likely N-dealkylation sites (tertiary alicyclic amines) is 1. The second-order valence-corrected chi connectivity index (χ2v) is 13.4. The maximum Gasteiger partial charge on any atom is 0.416 e. The summed E-state index contributed by atoms with van der Waals surface area (Å²) in [6, 6.07) is 20.4. The minimum atomic E-state index is -4.56. The van der Waals surface area contributed by atoms with Gasteiger partial charge in [-0.3, -0.25) is 9.69 Å². The number of alkyl halides is 9. The molecule has 1 amide bonds. The molecule has 5 aromatic rings. The molecule has 1 saturated heterocycles. The predicted octanol–water partition coefficient (Wildman–Crippen LogP) is 9.95. The maximum absolute atomic E-state index is 14.1. The average molecular weight is 807 g/mol. The van der Waals surface area contributed by atoms with Crippen molar-refractivity contribution < 1.29 is 58.3 Å². The lowest BCUT2D eigenvalue weighted by atomic mass is 9.97. The van der Waals surface area contributed by atoms with E-state index >= 15 is 0 Å². The number of benzene rings is 4. The zero-order chi connectivity index (χ0) is 40.8. The summed E-state index contributed by atoms with van der Waals surface area (Å²) in [5.41, 5.74) is -1.61. The molecular weight excluding hydrogens is 771 g/mol. The summed E-state index contributed by atoms with van der Waals surface area (Å²) >= 11 is 0. The molecule has 302 valence electrons. The number of nitrogens with zero attached hydrogens (tertiary/aromatic N) is 3. The smallest absolute Gasteiger partial charge is 0.416 e. The van der Waals surface area contributed by atoms with Crippen LogP contribution in [0.15, 0.2) is 108 Å². The quantitative estimate of drug-likeness (QED) is 0.119. The second-order valence-electron chi connectivity index (χ2n) is 13.4. The van der Waals surface area contributed by atoms with Gasteiger partial charge in [-0.05, 0) is 85.6 Å². The number of nitrogens with one attached hydrogen (secondary N) is 1. The van der Waals surface area contributed by atoms with Crippen LogP contribution in [0.3, 0.4) is 0 Å². The topological polar surface area (TPSA) is 89.7 Å². The first-order valence-corrected chi connectivity index (χ1v) is 17.8. The SMILES string of the molecule is O=C(NCC[C@@H](Oc1ccc(C(F)(F)F)cc1)c1ccccc1)C(c1nc(-c2ccc(C(F)(F)F)cc2)no1)N1CCC[C@@H](COc2ccc(C(F)(F)F)cc2)C1. The largest absolute Gasteiger partial charge is 0.493 e. The number of amides is 1. The molecule has 1 aromatic heterocycles. The fourth-order valence-electron chi connectivity index (χ4n) is 6.40. The summed E-state index contributed by atoms with van der Waals surface area (Å²) in [6.45, 7) is 0.831. The zero-order valence-corrected chi connectivity index (χ0v) is 29.9. The Labute approximate surface area is 320 Å². The number of hydrogen-bond donors (Lipinski definition) is 1. The average Bonchev–Trinajstić information content (AvgIpc) is 3.66. The van der Waals surface area contributed by atoms with Crippen LogP contribution in [0.2, 0.25) is 0 Å². The first-order chi connectivity index (χ1) is 27.0. The molecule has 1 aliphatic heterocycles. The molecule has 0 aliphatic carbocycles. The van der Waals surface area contributed by atoms with Crippen molar-refractivity contribution in [3.05, 3.63) is 131 Å². The Morgan fingerprint density at radius 3 is 1.91 bits per heavy atom. The number of rotatable bonds is 13. The van der Waals surface area contributed by atoms with Gasteiger partial charge in [0.25, 0.3) is 5.89 Å². The van der Waals surface area contributed by atoms with Crippen molar-refractivity contribution >= 4 is 5.91 Å². The Hall–Kier alpha value is -5.58. The van der Waals surface area contributed by atoms with E-state index in [1.165, 1.54) is 36.4 Å². The lowest BCUT2D eigenvalue weighted by Gasteiger charge is -2.36. The van der Waals surface area contributed by atoms with Gasteiger partial charge < -0.3 is 19.3 Å². The van der Waals surface area contributed by atoms with Crippen molar-refractivity contribution in [3.63, 3.8) is 0 Å². The molecular formula is C40H35F9N4O4. The summed E-state index contributed by atoms with van der Waals surface area (Å²) < 4.78 is 136. The number of aromatic nitrogens is 2. The molecule has 2 heterocycles. The molecule has 57 heavy (non-hydrogen) atoms. The van der Waals surface area contributed by atoms with E-state index in [9.17, 15) is 44.3 Å². The van der Waals surface area contributed by atoms with Crippen molar-refractivity contribution in [1.82, 2.24) is 20.4 Å². The van der Waals surface area contributed by atoms with Gasteiger partial charge in [-0.2, -0.15) is 44.5 Å². The summed E-state index contributed by atoms with van der Waals surface area (Å²) in [4.78, 5) is 20.3. The third-order valence-corrected chi connectivity index (χ3v) is 9.31. The predicted molar refractivity (Wildman–Crippen MR) is 188 cm³/mol. The third-order valence-electron chi connectivity index (χ3n) is 9.31. The highest BCUT2D eigenvalue weighted by Gasteiger charge is 2.37. The molecule has 1 fully saturated rings. The normalized spacial score (nSPS) is 16.5. The van der Waals surface area contributed by atoms with E-state index in [1.54, 1.807) is 35.2 Å². The fraction of sp³-hybridized carbons (Fsp3) is 0.325. The van der Waals surface area contributed by atoms with Gasteiger partial charge >= 0.3 is 18.5 Å². The minimum Gasteiger partial charge on any atom is -0.493 e. The van der Waals surface area contributed by atoms with Crippen LogP contribution in [0, 0.1) is 5.92 Å². The number of hydrogen-bond acceptors (Lipinski definition) is 7. The number of halogens is 9. The van der Waals surface area contributed by atoms with Gasteiger partial charge in [0.1, 0.15) is 17.6 Å². The fourth-order valence-corrected chi connectivity index (χ4v) is 6.40. The van der Waals surface area contributed by atoms with Crippen LogP contribution < -0.4 is 14.8 Å². The molecule has 0 bridgehead atoms. The van der Waals surface area contributed by atoms with Gasteiger partial charge in [-0.1, -0.05) is 47.6 Å². The number of piperidine rings is 1. The van der Waals surface area contributed by atoms with E-state index in [-0.39, 0.29) is 60.8 Å². The van der Waals surface area contributed by atoms with Gasteiger partial charge in [0.2, 0.25) is 11.7 Å². The van der Waals surface area contributed by atoms with E-state index in [0.29, 0.717) is 24.9 Å². The second kappa shape index (κ2) is 17.3. The zero-order valence-electron chi connectivity index (χ0n) is 29.9. The van der Waals surface area contributed by atoms with Gasteiger partial charge in [0, 0.05) is 31.0 Å². The van der Waals surface area contributed by atoms with Crippen molar-refractivity contribution in [2.75, 3.05) is 26.2 Å². The van der Waals surface area contributed by atoms with Crippen LogP contribution in [0.1, 0.15) is 59.6 Å². The highest BCUT2D eigenvalue weighted by molar-refractivity contribution is 5.82. The molecule has 1 unspecified atom stereocenters. The molecule has 1 aliphatic rings. The van der Waals surface area contributed by atoms with E-state index in [0.717, 1.165) is 36.4 Å². The van der Waals surface area contributed by atoms with Crippen LogP contribution in [0.4, 0.5) is 39.5 Å². The van der Waals surface area contributed by atoms with Gasteiger partial charge in [-0.15, -0.1) is 0 Å². The first kappa shape index (κ1) is 41.1. The minimum absolute atomic E-state index is 0.0315. The number of carbonyl (C=O) groups is 1. The molecule has 17 heteroatoms.